The van der Waals surface area contributed by atoms with Gasteiger partial charge < -0.3 is 9.88 Å². The van der Waals surface area contributed by atoms with Gasteiger partial charge >= 0.3 is 6.18 Å². The van der Waals surface area contributed by atoms with Crippen LogP contribution in [0.25, 0.3) is 11.8 Å². The molecular formula is C21H12Cl2F3N3OS. The number of carbonyl (C=O) groups excluding carboxylic acids is 1. The van der Waals surface area contributed by atoms with Crippen LogP contribution >= 0.6 is 35.0 Å². The van der Waals surface area contributed by atoms with Gasteiger partial charge in [0, 0.05) is 17.6 Å². The van der Waals surface area contributed by atoms with Crippen LogP contribution in [-0.2, 0) is 11.0 Å². The van der Waals surface area contributed by atoms with Crippen molar-refractivity contribution in [1.29, 1.82) is 0 Å². The van der Waals surface area contributed by atoms with Crippen LogP contribution in [0.5, 0.6) is 0 Å². The number of carbonyl (C=O) groups is 1. The van der Waals surface area contributed by atoms with E-state index in [0.717, 1.165) is 23.9 Å². The van der Waals surface area contributed by atoms with Crippen molar-refractivity contribution < 1.29 is 18.0 Å². The predicted octanol–water partition coefficient (Wildman–Crippen LogP) is 6.69. The lowest BCUT2D eigenvalue weighted by Gasteiger charge is -2.11. The van der Waals surface area contributed by atoms with Crippen LogP contribution in [0.1, 0.15) is 11.3 Å². The minimum Gasteiger partial charge on any atom is -0.317 e. The molecule has 158 valence electrons. The van der Waals surface area contributed by atoms with Crippen LogP contribution in [0, 0.1) is 0 Å². The monoisotopic (exact) mass is 481 g/mol. The molecule has 4 nitrogen and oxygen atoms in total. The lowest BCUT2D eigenvalue weighted by atomic mass is 10.2. The Morgan fingerprint density at radius 2 is 1.84 bits per heavy atom. The third-order valence-corrected chi connectivity index (χ3v) is 6.03. The summed E-state index contributed by atoms with van der Waals surface area (Å²) >= 11 is 13.2. The summed E-state index contributed by atoms with van der Waals surface area (Å²) in [6, 6.07) is 13.3. The van der Waals surface area contributed by atoms with Crippen molar-refractivity contribution in [3.8, 4) is 5.69 Å². The van der Waals surface area contributed by atoms with Gasteiger partial charge in [-0.3, -0.25) is 4.79 Å². The Bertz CT molecular complexity index is 1230. The fourth-order valence-corrected chi connectivity index (χ4v) is 4.04. The quantitative estimate of drug-likeness (QED) is 0.423. The highest BCUT2D eigenvalue weighted by Crippen LogP contribution is 2.35. The first kappa shape index (κ1) is 21.5. The van der Waals surface area contributed by atoms with Crippen LogP contribution in [0.2, 0.25) is 10.0 Å². The summed E-state index contributed by atoms with van der Waals surface area (Å²) in [5.41, 5.74) is 0.525. The Labute approximate surface area is 189 Å². The standard InChI is InChI=1S/C21H12Cl2F3N3OS/c22-15-7-2-8-16(18(15)23)27-20-28-19(30)17(31-20)11-14-6-3-9-29(14)13-5-1-4-12(10-13)21(24,25)26/h1-11H,(H,27,28,30). The number of amides is 1. The number of thioether (sulfide) groups is 1. The van der Waals surface area contributed by atoms with Crippen molar-refractivity contribution in [2.75, 3.05) is 0 Å². The summed E-state index contributed by atoms with van der Waals surface area (Å²) < 4.78 is 40.7. The van der Waals surface area contributed by atoms with E-state index < -0.39 is 11.7 Å². The van der Waals surface area contributed by atoms with Crippen molar-refractivity contribution in [2.24, 2.45) is 4.99 Å². The minimum absolute atomic E-state index is 0.266. The number of hydrogen-bond acceptors (Lipinski definition) is 3. The molecule has 0 radical (unpaired) electrons. The van der Waals surface area contributed by atoms with E-state index in [1.807, 2.05) is 0 Å². The number of aliphatic imine (C=N–C) groups is 1. The summed E-state index contributed by atoms with van der Waals surface area (Å²) in [7, 11) is 0. The maximum atomic E-state index is 13.1. The second-order valence-corrected chi connectivity index (χ2v) is 8.22. The maximum Gasteiger partial charge on any atom is 0.416 e. The zero-order valence-electron chi connectivity index (χ0n) is 15.5. The number of hydrogen-bond donors (Lipinski definition) is 1. The van der Waals surface area contributed by atoms with Gasteiger partial charge in [0.25, 0.3) is 5.91 Å². The van der Waals surface area contributed by atoms with E-state index in [1.165, 1.54) is 6.07 Å². The summed E-state index contributed by atoms with van der Waals surface area (Å²) in [6.07, 6.45) is -1.24. The second-order valence-electron chi connectivity index (χ2n) is 6.41. The number of halogens is 5. The highest BCUT2D eigenvalue weighted by Gasteiger charge is 2.30. The van der Waals surface area contributed by atoms with Crippen molar-refractivity contribution in [2.45, 2.75) is 6.18 Å². The molecule has 0 spiro atoms. The third kappa shape index (κ3) is 4.66. The first-order valence-electron chi connectivity index (χ1n) is 8.81. The van der Waals surface area contributed by atoms with Crippen molar-refractivity contribution in [1.82, 2.24) is 9.88 Å². The van der Waals surface area contributed by atoms with Crippen LogP contribution in [0.4, 0.5) is 18.9 Å². The molecule has 31 heavy (non-hydrogen) atoms. The number of rotatable bonds is 3. The number of nitrogens with zero attached hydrogens (tertiary/aromatic N) is 2. The van der Waals surface area contributed by atoms with Crippen molar-refractivity contribution in [3.63, 3.8) is 0 Å². The molecule has 0 bridgehead atoms. The van der Waals surface area contributed by atoms with E-state index in [2.05, 4.69) is 10.3 Å². The van der Waals surface area contributed by atoms with Crippen molar-refractivity contribution >= 4 is 57.8 Å². The molecule has 0 saturated carbocycles. The fraction of sp³-hybridized carbons (Fsp3) is 0.0476. The van der Waals surface area contributed by atoms with Crippen LogP contribution in [0.15, 0.2) is 70.7 Å². The minimum atomic E-state index is -4.45. The van der Waals surface area contributed by atoms with Gasteiger partial charge in [0.15, 0.2) is 5.17 Å². The van der Waals surface area contributed by atoms with E-state index in [0.29, 0.717) is 32.2 Å². The zero-order chi connectivity index (χ0) is 22.2. The van der Waals surface area contributed by atoms with E-state index in [-0.39, 0.29) is 10.9 Å². The molecular weight excluding hydrogens is 470 g/mol. The zero-order valence-corrected chi connectivity index (χ0v) is 17.8. The van der Waals surface area contributed by atoms with E-state index in [4.69, 9.17) is 23.2 Å². The Morgan fingerprint density at radius 3 is 2.61 bits per heavy atom. The molecule has 3 aromatic rings. The summed E-state index contributed by atoms with van der Waals surface area (Å²) in [5, 5.41) is 3.57. The smallest absolute Gasteiger partial charge is 0.317 e. The highest BCUT2D eigenvalue weighted by molar-refractivity contribution is 8.18. The Kier molecular flexibility index (Phi) is 5.88. The number of nitrogens with one attached hydrogen (secondary N) is 1. The van der Waals surface area contributed by atoms with Gasteiger partial charge in [-0.05, 0) is 60.3 Å². The number of amidine groups is 1. The first-order chi connectivity index (χ1) is 14.7. The summed E-state index contributed by atoms with van der Waals surface area (Å²) in [4.78, 5) is 17.1. The van der Waals surface area contributed by atoms with Crippen LogP contribution < -0.4 is 5.32 Å². The fourth-order valence-electron chi connectivity index (χ4n) is 2.88. The lowest BCUT2D eigenvalue weighted by molar-refractivity contribution is -0.137. The summed E-state index contributed by atoms with van der Waals surface area (Å²) in [6.45, 7) is 0. The van der Waals surface area contributed by atoms with Gasteiger partial charge in [-0.25, -0.2) is 4.99 Å². The normalized spacial score (nSPS) is 16.9. The number of alkyl halides is 3. The molecule has 1 amide bonds. The topological polar surface area (TPSA) is 46.4 Å². The molecule has 0 aliphatic carbocycles. The van der Waals surface area contributed by atoms with Crippen LogP contribution in [-0.4, -0.2) is 15.6 Å². The van der Waals surface area contributed by atoms with Crippen molar-refractivity contribution in [3.05, 3.63) is 87.0 Å². The molecule has 1 aliphatic heterocycles. The predicted molar refractivity (Wildman–Crippen MR) is 118 cm³/mol. The Morgan fingerprint density at radius 1 is 1.06 bits per heavy atom. The number of aromatic nitrogens is 1. The van der Waals surface area contributed by atoms with Gasteiger partial charge in [-0.1, -0.05) is 35.3 Å². The van der Waals surface area contributed by atoms with Gasteiger partial charge in [0.1, 0.15) is 0 Å². The molecule has 1 aromatic heterocycles. The van der Waals surface area contributed by atoms with E-state index >= 15 is 0 Å². The molecule has 1 N–H and O–H groups in total. The SMILES string of the molecule is O=C1NC(=Nc2cccc(Cl)c2Cl)SC1=Cc1cccn1-c1cccc(C(F)(F)F)c1. The van der Waals surface area contributed by atoms with Gasteiger partial charge in [-0.15, -0.1) is 0 Å². The molecule has 0 atom stereocenters. The molecule has 2 heterocycles. The average molecular weight is 482 g/mol. The largest absolute Gasteiger partial charge is 0.416 e. The molecule has 1 saturated heterocycles. The Hall–Kier alpha value is -2.68. The third-order valence-electron chi connectivity index (χ3n) is 4.32. The molecule has 1 fully saturated rings. The average Bonchev–Trinajstić information content (AvgIpc) is 3.32. The maximum absolute atomic E-state index is 13.1. The first-order valence-corrected chi connectivity index (χ1v) is 10.4. The highest BCUT2D eigenvalue weighted by atomic mass is 35.5. The molecule has 1 aliphatic rings. The summed E-state index contributed by atoms with van der Waals surface area (Å²) in [5.74, 6) is -0.376. The van der Waals surface area contributed by atoms with Gasteiger partial charge in [0.05, 0.1) is 26.2 Å². The molecule has 0 unspecified atom stereocenters. The second kappa shape index (κ2) is 8.45. The van der Waals surface area contributed by atoms with E-state index in [1.54, 1.807) is 53.2 Å². The Balaban J connectivity index is 1.64. The lowest BCUT2D eigenvalue weighted by Crippen LogP contribution is -2.19. The van der Waals surface area contributed by atoms with E-state index in [9.17, 15) is 18.0 Å². The van der Waals surface area contributed by atoms with Gasteiger partial charge in [0.2, 0.25) is 0 Å². The molecule has 4 rings (SSSR count). The number of benzene rings is 2. The van der Waals surface area contributed by atoms with Crippen LogP contribution in [0.3, 0.4) is 0 Å². The molecule has 10 heteroatoms. The van der Waals surface area contributed by atoms with Gasteiger partial charge in [-0.2, -0.15) is 13.2 Å². The molecule has 2 aromatic carbocycles.